The molecule has 0 atom stereocenters. The second kappa shape index (κ2) is 9.24. The fourth-order valence-corrected chi connectivity index (χ4v) is 4.09. The molecule has 0 aliphatic heterocycles. The standard InChI is InChI=1S/C23H20N6O4S/c1-15-14-16(2)25-23(24-15)28-34(32,33)19-10-8-17(9-11-19)26-22(31)21-20(30)12-13-29(27-21)18-6-4-3-5-7-18/h3-14H,1-2H3,(H,26,31)(H,24,25,28). The quantitative estimate of drug-likeness (QED) is 0.437. The summed E-state index contributed by atoms with van der Waals surface area (Å²) in [6, 6.07) is 17.5. The van der Waals surface area contributed by atoms with E-state index < -0.39 is 21.4 Å². The normalized spacial score (nSPS) is 11.1. The summed E-state index contributed by atoms with van der Waals surface area (Å²) in [5.74, 6) is -0.743. The number of benzene rings is 2. The van der Waals surface area contributed by atoms with Crippen LogP contribution < -0.4 is 15.5 Å². The number of aryl methyl sites for hydroxylation is 2. The SMILES string of the molecule is Cc1cc(C)nc(NS(=O)(=O)c2ccc(NC(=O)c3nn(-c4ccccc4)ccc3=O)cc2)n1. The van der Waals surface area contributed by atoms with Crippen LogP contribution >= 0.6 is 0 Å². The Morgan fingerprint density at radius 3 is 2.21 bits per heavy atom. The van der Waals surface area contributed by atoms with Crippen molar-refractivity contribution >= 4 is 27.6 Å². The van der Waals surface area contributed by atoms with Gasteiger partial charge in [0.05, 0.1) is 10.6 Å². The summed E-state index contributed by atoms with van der Waals surface area (Å²) in [7, 11) is -3.94. The minimum absolute atomic E-state index is 0.0280. The predicted molar refractivity (Wildman–Crippen MR) is 127 cm³/mol. The van der Waals surface area contributed by atoms with Crippen molar-refractivity contribution in [3.05, 3.63) is 100 Å². The molecule has 4 rings (SSSR count). The van der Waals surface area contributed by atoms with Crippen LogP contribution in [0.25, 0.3) is 5.69 Å². The van der Waals surface area contributed by atoms with Gasteiger partial charge in [-0.3, -0.25) is 9.59 Å². The molecule has 0 fully saturated rings. The second-order valence-electron chi connectivity index (χ2n) is 7.37. The Labute approximate surface area is 195 Å². The van der Waals surface area contributed by atoms with E-state index in [0.29, 0.717) is 22.8 Å². The zero-order chi connectivity index (χ0) is 24.3. The van der Waals surface area contributed by atoms with E-state index >= 15 is 0 Å². The minimum atomic E-state index is -3.94. The summed E-state index contributed by atoms with van der Waals surface area (Å²) < 4.78 is 29.1. The molecule has 172 valence electrons. The molecular formula is C23H20N6O4S. The maximum Gasteiger partial charge on any atom is 0.280 e. The number of nitrogens with zero attached hydrogens (tertiary/aromatic N) is 4. The number of rotatable bonds is 6. The van der Waals surface area contributed by atoms with Gasteiger partial charge in [-0.2, -0.15) is 5.10 Å². The molecule has 0 spiro atoms. The Morgan fingerprint density at radius 1 is 0.912 bits per heavy atom. The lowest BCUT2D eigenvalue weighted by atomic mass is 10.3. The van der Waals surface area contributed by atoms with E-state index in [0.717, 1.165) is 0 Å². The van der Waals surface area contributed by atoms with Crippen molar-refractivity contribution in [2.24, 2.45) is 0 Å². The van der Waals surface area contributed by atoms with E-state index in [-0.39, 0.29) is 16.5 Å². The molecule has 2 N–H and O–H groups in total. The van der Waals surface area contributed by atoms with Crippen LogP contribution in [0.1, 0.15) is 21.9 Å². The number of amides is 1. The maximum absolute atomic E-state index is 12.7. The van der Waals surface area contributed by atoms with E-state index in [4.69, 9.17) is 0 Å². The van der Waals surface area contributed by atoms with Gasteiger partial charge in [0.1, 0.15) is 0 Å². The number of anilines is 2. The highest BCUT2D eigenvalue weighted by molar-refractivity contribution is 7.92. The first kappa shape index (κ1) is 22.8. The molecule has 0 aliphatic carbocycles. The van der Waals surface area contributed by atoms with E-state index in [1.165, 1.54) is 41.2 Å². The topological polar surface area (TPSA) is 136 Å². The number of carbonyl (C=O) groups is 1. The smallest absolute Gasteiger partial charge is 0.280 e. The lowest BCUT2D eigenvalue weighted by molar-refractivity contribution is 0.101. The lowest BCUT2D eigenvalue weighted by Crippen LogP contribution is -2.25. The maximum atomic E-state index is 12.7. The van der Waals surface area contributed by atoms with Crippen LogP contribution in [0.3, 0.4) is 0 Å². The van der Waals surface area contributed by atoms with Crippen LogP contribution in [0.5, 0.6) is 0 Å². The number of nitrogens with one attached hydrogen (secondary N) is 2. The molecule has 0 unspecified atom stereocenters. The molecule has 34 heavy (non-hydrogen) atoms. The number of hydrogen-bond acceptors (Lipinski definition) is 7. The molecule has 2 aromatic heterocycles. The van der Waals surface area contributed by atoms with E-state index in [2.05, 4.69) is 25.1 Å². The van der Waals surface area contributed by atoms with E-state index in [1.54, 1.807) is 32.0 Å². The number of aromatic nitrogens is 4. The van der Waals surface area contributed by atoms with Crippen LogP contribution in [-0.2, 0) is 10.0 Å². The van der Waals surface area contributed by atoms with Gasteiger partial charge in [-0.25, -0.2) is 27.8 Å². The summed E-state index contributed by atoms with van der Waals surface area (Å²) in [5, 5.41) is 6.70. The fourth-order valence-electron chi connectivity index (χ4n) is 3.15. The van der Waals surface area contributed by atoms with Crippen LogP contribution in [-0.4, -0.2) is 34.1 Å². The Bertz CT molecular complexity index is 1500. The molecule has 0 saturated heterocycles. The molecule has 0 saturated carbocycles. The van der Waals surface area contributed by atoms with Gasteiger partial charge in [-0.15, -0.1) is 0 Å². The van der Waals surface area contributed by atoms with Gasteiger partial charge >= 0.3 is 0 Å². The largest absolute Gasteiger partial charge is 0.320 e. The third kappa shape index (κ3) is 5.15. The first-order valence-corrected chi connectivity index (χ1v) is 11.6. The van der Waals surface area contributed by atoms with Crippen LogP contribution in [0, 0.1) is 13.8 Å². The molecule has 2 aromatic carbocycles. The van der Waals surface area contributed by atoms with E-state index in [1.807, 2.05) is 18.2 Å². The van der Waals surface area contributed by atoms with Crippen molar-refractivity contribution in [3.63, 3.8) is 0 Å². The molecule has 11 heteroatoms. The zero-order valence-electron chi connectivity index (χ0n) is 18.3. The monoisotopic (exact) mass is 476 g/mol. The first-order valence-electron chi connectivity index (χ1n) is 10.1. The summed E-state index contributed by atoms with van der Waals surface area (Å²) in [6.45, 7) is 3.47. The average molecular weight is 477 g/mol. The predicted octanol–water partition coefficient (Wildman–Crippen LogP) is 2.69. The van der Waals surface area contributed by atoms with Gasteiger partial charge in [-0.1, -0.05) is 18.2 Å². The fraction of sp³-hybridized carbons (Fsp3) is 0.0870. The summed E-state index contributed by atoms with van der Waals surface area (Å²) in [6.07, 6.45) is 1.47. The minimum Gasteiger partial charge on any atom is -0.320 e. The third-order valence-electron chi connectivity index (χ3n) is 4.67. The van der Waals surface area contributed by atoms with Crippen molar-refractivity contribution in [2.75, 3.05) is 10.0 Å². The first-order chi connectivity index (χ1) is 16.2. The van der Waals surface area contributed by atoms with Crippen molar-refractivity contribution in [1.29, 1.82) is 0 Å². The van der Waals surface area contributed by atoms with Gasteiger partial charge in [0, 0.05) is 29.3 Å². The number of sulfonamides is 1. The number of carbonyl (C=O) groups excluding carboxylic acids is 1. The summed E-state index contributed by atoms with van der Waals surface area (Å²) >= 11 is 0. The van der Waals surface area contributed by atoms with Gasteiger partial charge in [-0.05, 0) is 56.3 Å². The summed E-state index contributed by atoms with van der Waals surface area (Å²) in [5.41, 5.74) is 1.40. The van der Waals surface area contributed by atoms with Crippen LogP contribution in [0.15, 0.2) is 82.6 Å². The van der Waals surface area contributed by atoms with Crippen molar-refractivity contribution < 1.29 is 13.2 Å². The molecular weight excluding hydrogens is 456 g/mol. The lowest BCUT2D eigenvalue weighted by Gasteiger charge is -2.10. The second-order valence-corrected chi connectivity index (χ2v) is 9.05. The van der Waals surface area contributed by atoms with Gasteiger partial charge in [0.25, 0.3) is 15.9 Å². The summed E-state index contributed by atoms with van der Waals surface area (Å²) in [4.78, 5) is 33.0. The molecule has 0 bridgehead atoms. The van der Waals surface area contributed by atoms with Gasteiger partial charge < -0.3 is 5.32 Å². The Kier molecular flexibility index (Phi) is 6.19. The van der Waals surface area contributed by atoms with E-state index in [9.17, 15) is 18.0 Å². The molecule has 4 aromatic rings. The van der Waals surface area contributed by atoms with Crippen molar-refractivity contribution in [3.8, 4) is 5.69 Å². The average Bonchev–Trinajstić information content (AvgIpc) is 2.79. The van der Waals surface area contributed by atoms with Gasteiger partial charge in [0.15, 0.2) is 5.69 Å². The molecule has 0 radical (unpaired) electrons. The highest BCUT2D eigenvalue weighted by atomic mass is 32.2. The molecule has 1 amide bonds. The Hall–Kier alpha value is -4.38. The Morgan fingerprint density at radius 2 is 1.56 bits per heavy atom. The third-order valence-corrected chi connectivity index (χ3v) is 6.02. The number of hydrogen-bond donors (Lipinski definition) is 2. The highest BCUT2D eigenvalue weighted by Gasteiger charge is 2.18. The van der Waals surface area contributed by atoms with Crippen molar-refractivity contribution in [1.82, 2.24) is 19.7 Å². The molecule has 2 heterocycles. The Balaban J connectivity index is 1.52. The van der Waals surface area contributed by atoms with Gasteiger partial charge in [0.2, 0.25) is 11.4 Å². The highest BCUT2D eigenvalue weighted by Crippen LogP contribution is 2.17. The zero-order valence-corrected chi connectivity index (χ0v) is 19.1. The van der Waals surface area contributed by atoms with Crippen LogP contribution in [0.4, 0.5) is 11.6 Å². The van der Waals surface area contributed by atoms with Crippen LogP contribution in [0.2, 0.25) is 0 Å². The molecule has 0 aliphatic rings. The van der Waals surface area contributed by atoms with Crippen molar-refractivity contribution in [2.45, 2.75) is 18.7 Å². The number of para-hydroxylation sites is 1. The molecule has 10 nitrogen and oxygen atoms in total.